The van der Waals surface area contributed by atoms with Gasteiger partial charge in [-0.25, -0.2) is 9.97 Å². The first-order valence-corrected chi connectivity index (χ1v) is 9.74. The van der Waals surface area contributed by atoms with Crippen molar-refractivity contribution in [2.75, 3.05) is 37.7 Å². The Morgan fingerprint density at radius 2 is 2.00 bits per heavy atom. The number of hydrogen-bond donors (Lipinski definition) is 0. The lowest BCUT2D eigenvalue weighted by molar-refractivity contribution is -0.384. The molecule has 1 saturated heterocycles. The Morgan fingerprint density at radius 1 is 1.24 bits per heavy atom. The van der Waals surface area contributed by atoms with Crippen LogP contribution >= 0.6 is 11.6 Å². The summed E-state index contributed by atoms with van der Waals surface area (Å²) in [5.74, 6) is 1.28. The highest BCUT2D eigenvalue weighted by atomic mass is 35.5. The molecule has 29 heavy (non-hydrogen) atoms. The largest absolute Gasteiger partial charge is 0.378 e. The van der Waals surface area contributed by atoms with Gasteiger partial charge in [0.2, 0.25) is 0 Å². The number of benzene rings is 1. The van der Waals surface area contributed by atoms with Crippen molar-refractivity contribution in [2.24, 2.45) is 0 Å². The Labute approximate surface area is 172 Å². The van der Waals surface area contributed by atoms with Gasteiger partial charge in [-0.3, -0.25) is 14.9 Å². The number of nitro benzene ring substituents is 1. The summed E-state index contributed by atoms with van der Waals surface area (Å²) >= 11 is 5.87. The van der Waals surface area contributed by atoms with Crippen LogP contribution in [-0.4, -0.2) is 58.5 Å². The molecule has 1 aromatic heterocycles. The summed E-state index contributed by atoms with van der Waals surface area (Å²) in [6, 6.07) is 4.13. The smallest absolute Gasteiger partial charge is 0.288 e. The van der Waals surface area contributed by atoms with Crippen LogP contribution in [0.3, 0.4) is 0 Å². The molecule has 0 spiro atoms. The number of morpholine rings is 1. The van der Waals surface area contributed by atoms with E-state index in [1.807, 2.05) is 6.92 Å². The van der Waals surface area contributed by atoms with E-state index in [9.17, 15) is 14.9 Å². The molecule has 9 nitrogen and oxygen atoms in total. The number of fused-ring (bicyclic) bond motifs is 1. The minimum atomic E-state index is -0.586. The molecule has 0 saturated carbocycles. The van der Waals surface area contributed by atoms with Crippen molar-refractivity contribution in [1.29, 1.82) is 0 Å². The third kappa shape index (κ3) is 3.88. The summed E-state index contributed by atoms with van der Waals surface area (Å²) in [6.45, 7) is 5.46. The van der Waals surface area contributed by atoms with Gasteiger partial charge in [0.1, 0.15) is 16.7 Å². The minimum Gasteiger partial charge on any atom is -0.378 e. The van der Waals surface area contributed by atoms with E-state index in [0.29, 0.717) is 38.5 Å². The molecule has 2 aliphatic rings. The number of carbonyl (C=O) groups is 1. The van der Waals surface area contributed by atoms with Crippen LogP contribution in [0.25, 0.3) is 0 Å². The van der Waals surface area contributed by atoms with Crippen LogP contribution in [0, 0.1) is 17.0 Å². The van der Waals surface area contributed by atoms with Gasteiger partial charge >= 0.3 is 0 Å². The maximum Gasteiger partial charge on any atom is 0.288 e. The van der Waals surface area contributed by atoms with Crippen LogP contribution in [0.4, 0.5) is 11.5 Å². The number of halogens is 1. The molecule has 1 fully saturated rings. The fourth-order valence-corrected chi connectivity index (χ4v) is 3.88. The molecule has 2 aliphatic heterocycles. The Morgan fingerprint density at radius 3 is 2.72 bits per heavy atom. The van der Waals surface area contributed by atoms with Crippen molar-refractivity contribution >= 4 is 29.0 Å². The van der Waals surface area contributed by atoms with E-state index < -0.39 is 4.92 Å². The molecule has 0 unspecified atom stereocenters. The van der Waals surface area contributed by atoms with Gasteiger partial charge in [0, 0.05) is 43.2 Å². The molecular weight excluding hydrogens is 398 g/mol. The fourth-order valence-electron chi connectivity index (χ4n) is 3.70. The second kappa shape index (κ2) is 7.92. The summed E-state index contributed by atoms with van der Waals surface area (Å²) in [4.78, 5) is 36.7. The molecule has 0 N–H and O–H groups in total. The fraction of sp³-hybridized carbons (Fsp3) is 0.421. The van der Waals surface area contributed by atoms with Crippen molar-refractivity contribution in [1.82, 2.24) is 14.9 Å². The highest BCUT2D eigenvalue weighted by molar-refractivity contribution is 6.32. The average Bonchev–Trinajstić information content (AvgIpc) is 2.73. The SMILES string of the molecule is Cc1nc2c(c(N3CCOCC3)n1)CN(C(=O)c1ccc(Cl)c([N+](=O)[O-])c1)CC2. The lowest BCUT2D eigenvalue weighted by Crippen LogP contribution is -2.41. The zero-order chi connectivity index (χ0) is 20.5. The summed E-state index contributed by atoms with van der Waals surface area (Å²) in [5.41, 5.74) is 1.85. The summed E-state index contributed by atoms with van der Waals surface area (Å²) < 4.78 is 5.44. The standard InChI is InChI=1S/C19H20ClN5O4/c1-12-21-16-4-5-24(11-14(16)18(22-12)23-6-8-29-9-7-23)19(26)13-2-3-15(20)17(10-13)25(27)28/h2-3,10H,4-9,11H2,1H3. The number of hydrogen-bond acceptors (Lipinski definition) is 7. The first kappa shape index (κ1) is 19.5. The van der Waals surface area contributed by atoms with E-state index in [-0.39, 0.29) is 22.2 Å². The quantitative estimate of drug-likeness (QED) is 0.558. The van der Waals surface area contributed by atoms with Crippen molar-refractivity contribution in [2.45, 2.75) is 19.9 Å². The van der Waals surface area contributed by atoms with Gasteiger partial charge in [-0.1, -0.05) is 11.6 Å². The van der Waals surface area contributed by atoms with E-state index in [4.69, 9.17) is 16.3 Å². The van der Waals surface area contributed by atoms with Gasteiger partial charge in [0.25, 0.3) is 11.6 Å². The first-order chi connectivity index (χ1) is 13.9. The number of nitro groups is 1. The Kier molecular flexibility index (Phi) is 5.33. The van der Waals surface area contributed by atoms with E-state index in [1.165, 1.54) is 18.2 Å². The van der Waals surface area contributed by atoms with E-state index in [0.717, 1.165) is 30.2 Å². The number of ether oxygens (including phenoxy) is 1. The van der Waals surface area contributed by atoms with E-state index >= 15 is 0 Å². The molecule has 0 radical (unpaired) electrons. The molecule has 10 heteroatoms. The normalized spacial score (nSPS) is 16.5. The van der Waals surface area contributed by atoms with Crippen LogP contribution in [0.5, 0.6) is 0 Å². The van der Waals surface area contributed by atoms with Gasteiger partial charge in [0.15, 0.2) is 0 Å². The van der Waals surface area contributed by atoms with Gasteiger partial charge < -0.3 is 14.5 Å². The molecule has 2 aromatic rings. The number of aromatic nitrogens is 2. The number of anilines is 1. The molecule has 152 valence electrons. The third-order valence-electron chi connectivity index (χ3n) is 5.14. The lowest BCUT2D eigenvalue weighted by Gasteiger charge is -2.34. The van der Waals surface area contributed by atoms with Gasteiger partial charge in [-0.2, -0.15) is 0 Å². The highest BCUT2D eigenvalue weighted by Gasteiger charge is 2.29. The highest BCUT2D eigenvalue weighted by Crippen LogP contribution is 2.30. The molecular formula is C19H20ClN5O4. The first-order valence-electron chi connectivity index (χ1n) is 9.36. The molecule has 0 aliphatic carbocycles. The topological polar surface area (TPSA) is 102 Å². The molecule has 3 heterocycles. The van der Waals surface area contributed by atoms with Crippen molar-refractivity contribution < 1.29 is 14.5 Å². The maximum absolute atomic E-state index is 13.0. The number of aryl methyl sites for hydroxylation is 1. The van der Waals surface area contributed by atoms with Gasteiger partial charge in [-0.15, -0.1) is 0 Å². The second-order valence-electron chi connectivity index (χ2n) is 7.02. The minimum absolute atomic E-state index is 0.00835. The Hall–Kier alpha value is -2.78. The van der Waals surface area contributed by atoms with Crippen LogP contribution in [0.15, 0.2) is 18.2 Å². The van der Waals surface area contributed by atoms with Crippen LogP contribution < -0.4 is 4.90 Å². The zero-order valence-electron chi connectivity index (χ0n) is 15.9. The Bertz CT molecular complexity index is 977. The second-order valence-corrected chi connectivity index (χ2v) is 7.43. The Balaban J connectivity index is 1.63. The average molecular weight is 418 g/mol. The van der Waals surface area contributed by atoms with Crippen LogP contribution in [0.2, 0.25) is 5.02 Å². The van der Waals surface area contributed by atoms with E-state index in [2.05, 4.69) is 14.9 Å². The summed E-state index contributed by atoms with van der Waals surface area (Å²) in [6.07, 6.45) is 0.609. The monoisotopic (exact) mass is 417 g/mol. The molecule has 0 atom stereocenters. The predicted molar refractivity (Wildman–Crippen MR) is 106 cm³/mol. The van der Waals surface area contributed by atoms with Crippen LogP contribution in [0.1, 0.15) is 27.4 Å². The molecule has 1 amide bonds. The predicted octanol–water partition coefficient (Wildman–Crippen LogP) is 2.38. The van der Waals surface area contributed by atoms with Gasteiger partial charge in [-0.05, 0) is 19.1 Å². The molecule has 1 aromatic carbocycles. The number of carbonyl (C=O) groups excluding carboxylic acids is 1. The molecule has 0 bridgehead atoms. The van der Waals surface area contributed by atoms with Crippen molar-refractivity contribution in [3.63, 3.8) is 0 Å². The van der Waals surface area contributed by atoms with Gasteiger partial charge in [0.05, 0.1) is 30.4 Å². The summed E-state index contributed by atoms with van der Waals surface area (Å²) in [5, 5.41) is 11.2. The number of amides is 1. The number of rotatable bonds is 3. The lowest BCUT2D eigenvalue weighted by atomic mass is 10.0. The molecule has 4 rings (SSSR count). The third-order valence-corrected chi connectivity index (χ3v) is 5.46. The van der Waals surface area contributed by atoms with Crippen molar-refractivity contribution in [3.05, 3.63) is 56.0 Å². The number of nitrogens with zero attached hydrogens (tertiary/aromatic N) is 5. The maximum atomic E-state index is 13.0. The van der Waals surface area contributed by atoms with Crippen molar-refractivity contribution in [3.8, 4) is 0 Å². The van der Waals surface area contributed by atoms with Crippen LogP contribution in [-0.2, 0) is 17.7 Å². The van der Waals surface area contributed by atoms with E-state index in [1.54, 1.807) is 4.90 Å². The summed E-state index contributed by atoms with van der Waals surface area (Å²) in [7, 11) is 0. The zero-order valence-corrected chi connectivity index (χ0v) is 16.7.